The van der Waals surface area contributed by atoms with Gasteiger partial charge in [0.15, 0.2) is 0 Å². The van der Waals surface area contributed by atoms with E-state index >= 15 is 0 Å². The Bertz CT molecular complexity index is 1120. The summed E-state index contributed by atoms with van der Waals surface area (Å²) in [5, 5.41) is 7.67. The highest BCUT2D eigenvalue weighted by Crippen LogP contribution is 2.32. The summed E-state index contributed by atoms with van der Waals surface area (Å²) >= 11 is 2.83. The Morgan fingerprint density at radius 2 is 1.83 bits per heavy atom. The zero-order chi connectivity index (χ0) is 21.9. The van der Waals surface area contributed by atoms with Gasteiger partial charge in [0.05, 0.1) is 16.9 Å². The number of hydrogen-bond donors (Lipinski definition) is 0. The minimum Gasteiger partial charge on any atom is -0.244 e. The average Bonchev–Trinajstić information content (AvgIpc) is 3.04. The van der Waals surface area contributed by atoms with E-state index in [0.717, 1.165) is 27.9 Å². The van der Waals surface area contributed by atoms with Crippen LogP contribution < -0.4 is 5.69 Å². The van der Waals surface area contributed by atoms with Crippen molar-refractivity contribution in [3.8, 4) is 5.69 Å². The second kappa shape index (κ2) is 9.09. The Morgan fingerprint density at radius 3 is 2.40 bits per heavy atom. The van der Waals surface area contributed by atoms with Crippen LogP contribution >= 0.6 is 23.5 Å². The molecule has 0 radical (unpaired) electrons. The van der Waals surface area contributed by atoms with Crippen LogP contribution in [0.1, 0.15) is 16.7 Å². The number of aryl methyl sites for hydroxylation is 2. The molecule has 0 aliphatic carbocycles. The molecule has 3 aromatic rings. The highest BCUT2D eigenvalue weighted by Gasteiger charge is 2.29. The van der Waals surface area contributed by atoms with Gasteiger partial charge in [0, 0.05) is 12.8 Å². The lowest BCUT2D eigenvalue weighted by molar-refractivity contribution is -0.137. The van der Waals surface area contributed by atoms with E-state index in [1.807, 2.05) is 25.3 Å². The fourth-order valence-corrected chi connectivity index (χ4v) is 4.30. The maximum absolute atomic E-state index is 12.7. The van der Waals surface area contributed by atoms with Gasteiger partial charge in [-0.1, -0.05) is 23.9 Å². The number of nitrogens with zero attached hydrogens (tertiary/aromatic N) is 5. The minimum absolute atomic E-state index is 0.352. The quantitative estimate of drug-likeness (QED) is 0.428. The van der Waals surface area contributed by atoms with Crippen LogP contribution in [0.4, 0.5) is 18.9 Å². The zero-order valence-electron chi connectivity index (χ0n) is 16.3. The average molecular weight is 454 g/mol. The number of aliphatic imine (C=N–C) groups is 1. The minimum atomic E-state index is -4.38. The molecule has 3 rings (SSSR count). The number of hydrogen-bond acceptors (Lipinski definition) is 6. The van der Waals surface area contributed by atoms with Crippen molar-refractivity contribution in [3.63, 3.8) is 0 Å². The molecule has 0 atom stereocenters. The third-order valence-electron chi connectivity index (χ3n) is 4.26. The Balaban J connectivity index is 1.84. The molecule has 0 spiro atoms. The molecule has 11 heteroatoms. The second-order valence-electron chi connectivity index (χ2n) is 6.28. The first kappa shape index (κ1) is 22.2. The van der Waals surface area contributed by atoms with Crippen LogP contribution in [0.15, 0.2) is 52.3 Å². The summed E-state index contributed by atoms with van der Waals surface area (Å²) < 4.78 is 41.3. The number of halogens is 3. The predicted molar refractivity (Wildman–Crippen MR) is 115 cm³/mol. The van der Waals surface area contributed by atoms with Crippen LogP contribution in [0.3, 0.4) is 0 Å². The molecule has 1 aromatic heterocycles. The van der Waals surface area contributed by atoms with E-state index in [0.29, 0.717) is 21.5 Å². The van der Waals surface area contributed by atoms with E-state index in [2.05, 4.69) is 15.4 Å². The van der Waals surface area contributed by atoms with E-state index in [4.69, 9.17) is 0 Å². The van der Waals surface area contributed by atoms with E-state index < -0.39 is 11.7 Å². The van der Waals surface area contributed by atoms with Gasteiger partial charge in [0.1, 0.15) is 4.38 Å². The highest BCUT2D eigenvalue weighted by atomic mass is 32.2. The molecule has 1 heterocycles. The molecule has 0 amide bonds. The van der Waals surface area contributed by atoms with Gasteiger partial charge in [-0.3, -0.25) is 0 Å². The number of tetrazole rings is 1. The molecule has 30 heavy (non-hydrogen) atoms. The van der Waals surface area contributed by atoms with E-state index in [1.165, 1.54) is 47.4 Å². The monoisotopic (exact) mass is 453 g/mol. The van der Waals surface area contributed by atoms with Gasteiger partial charge in [-0.2, -0.15) is 22.5 Å². The molecule has 0 fully saturated rings. The Hall–Kier alpha value is -2.53. The fraction of sp³-hybridized carbons (Fsp3) is 0.263. The largest absolute Gasteiger partial charge is 0.416 e. The van der Waals surface area contributed by atoms with Crippen molar-refractivity contribution in [1.29, 1.82) is 0 Å². The topological polar surface area (TPSA) is 65.1 Å². The molecule has 0 aliphatic heterocycles. The standard InChI is InChI=1S/C19H18F3N5OS2/c1-12-5-4-6-16(27-18(28)26(2)24-25-27)15(12)11-30-17(29-3)23-14-9-7-13(8-10-14)19(20,21)22/h4-10H,11H2,1-3H3. The van der Waals surface area contributed by atoms with Crippen LogP contribution in [-0.4, -0.2) is 30.4 Å². The van der Waals surface area contributed by atoms with Gasteiger partial charge in [-0.05, 0) is 65.1 Å². The first-order valence-electron chi connectivity index (χ1n) is 8.71. The maximum atomic E-state index is 12.7. The normalized spacial score (nSPS) is 12.4. The SMILES string of the molecule is CSC(=Nc1ccc(C(F)(F)F)cc1)SCc1c(C)cccc1-n1nnn(C)c1=O. The van der Waals surface area contributed by atoms with E-state index in [-0.39, 0.29) is 5.69 Å². The predicted octanol–water partition coefficient (Wildman–Crippen LogP) is 4.58. The summed E-state index contributed by atoms with van der Waals surface area (Å²) in [5.74, 6) is 0.505. The number of rotatable bonds is 4. The fourth-order valence-electron chi connectivity index (χ4n) is 2.64. The third kappa shape index (κ3) is 4.96. The van der Waals surface area contributed by atoms with Crippen molar-refractivity contribution in [1.82, 2.24) is 19.8 Å². The molecule has 0 bridgehead atoms. The molecule has 0 saturated carbocycles. The summed E-state index contributed by atoms with van der Waals surface area (Å²) in [5.41, 5.74) is 1.89. The Kier molecular flexibility index (Phi) is 6.71. The summed E-state index contributed by atoms with van der Waals surface area (Å²) in [6.45, 7) is 1.94. The van der Waals surface area contributed by atoms with Crippen molar-refractivity contribution >= 4 is 33.6 Å². The van der Waals surface area contributed by atoms with Crippen LogP contribution in [0, 0.1) is 6.92 Å². The van der Waals surface area contributed by atoms with Crippen molar-refractivity contribution < 1.29 is 13.2 Å². The van der Waals surface area contributed by atoms with Gasteiger partial charge >= 0.3 is 11.9 Å². The van der Waals surface area contributed by atoms with Gasteiger partial charge in [-0.25, -0.2) is 9.79 Å². The van der Waals surface area contributed by atoms with Gasteiger partial charge in [0.25, 0.3) is 0 Å². The van der Waals surface area contributed by atoms with Gasteiger partial charge < -0.3 is 0 Å². The summed E-state index contributed by atoms with van der Waals surface area (Å²) in [7, 11) is 1.53. The molecular weight excluding hydrogens is 435 g/mol. The lowest BCUT2D eigenvalue weighted by Crippen LogP contribution is -2.23. The van der Waals surface area contributed by atoms with Crippen LogP contribution in [0.25, 0.3) is 5.69 Å². The molecule has 2 aromatic carbocycles. The summed E-state index contributed by atoms with van der Waals surface area (Å²) in [6.07, 6.45) is -2.53. The second-order valence-corrected chi connectivity index (χ2v) is 8.30. The first-order valence-corrected chi connectivity index (χ1v) is 10.9. The first-order chi connectivity index (χ1) is 14.2. The van der Waals surface area contributed by atoms with Gasteiger partial charge in [-0.15, -0.1) is 11.8 Å². The van der Waals surface area contributed by atoms with Crippen molar-refractivity contribution in [3.05, 3.63) is 69.6 Å². The van der Waals surface area contributed by atoms with Crippen molar-refractivity contribution in [2.45, 2.75) is 18.9 Å². The Labute approximate surface area is 179 Å². The van der Waals surface area contributed by atoms with E-state index in [9.17, 15) is 18.0 Å². The number of thioether (sulfide) groups is 2. The highest BCUT2D eigenvalue weighted by molar-refractivity contribution is 8.38. The number of aromatic nitrogens is 4. The smallest absolute Gasteiger partial charge is 0.244 e. The molecule has 0 saturated heterocycles. The third-order valence-corrected chi connectivity index (χ3v) is 6.33. The molecule has 0 aliphatic rings. The van der Waals surface area contributed by atoms with Crippen LogP contribution in [-0.2, 0) is 19.0 Å². The summed E-state index contributed by atoms with van der Waals surface area (Å²) in [6, 6.07) is 10.3. The van der Waals surface area contributed by atoms with Crippen LogP contribution in [0.5, 0.6) is 0 Å². The van der Waals surface area contributed by atoms with Crippen LogP contribution in [0.2, 0.25) is 0 Å². The van der Waals surface area contributed by atoms with Crippen molar-refractivity contribution in [2.75, 3.05) is 6.26 Å². The Morgan fingerprint density at radius 1 is 1.13 bits per heavy atom. The van der Waals surface area contributed by atoms with Gasteiger partial charge in [0.2, 0.25) is 0 Å². The number of alkyl halides is 3. The maximum Gasteiger partial charge on any atom is 0.416 e. The lowest BCUT2D eigenvalue weighted by Gasteiger charge is -2.12. The molecular formula is C19H18F3N5OS2. The molecule has 0 unspecified atom stereocenters. The molecule has 0 N–H and O–H groups in total. The number of benzene rings is 2. The van der Waals surface area contributed by atoms with Crippen molar-refractivity contribution in [2.24, 2.45) is 12.0 Å². The lowest BCUT2D eigenvalue weighted by atomic mass is 10.1. The van der Waals surface area contributed by atoms with E-state index in [1.54, 1.807) is 6.07 Å². The molecule has 6 nitrogen and oxygen atoms in total. The molecule has 158 valence electrons. The zero-order valence-corrected chi connectivity index (χ0v) is 18.0. The summed E-state index contributed by atoms with van der Waals surface area (Å²) in [4.78, 5) is 16.7.